The zero-order chi connectivity index (χ0) is 20.7. The highest BCUT2D eigenvalue weighted by molar-refractivity contribution is 5.52. The number of hydrogen-bond donors (Lipinski definition) is 2. The Morgan fingerprint density at radius 2 is 1.14 bits per heavy atom. The maximum absolute atomic E-state index is 12.4. The van der Waals surface area contributed by atoms with Crippen molar-refractivity contribution in [2.75, 3.05) is 0 Å². The lowest BCUT2D eigenvalue weighted by molar-refractivity contribution is -0.113. The van der Waals surface area contributed by atoms with E-state index in [4.69, 9.17) is 0 Å². The number of aliphatic hydroxyl groups is 2. The maximum Gasteiger partial charge on any atom is 0.152 e. The first kappa shape index (κ1) is 20.5. The van der Waals surface area contributed by atoms with Gasteiger partial charge in [0, 0.05) is 0 Å². The Kier molecular flexibility index (Phi) is 6.28. The average molecular weight is 383 g/mol. The molecule has 0 heterocycles. The lowest BCUT2D eigenvalue weighted by Crippen LogP contribution is -2.51. The van der Waals surface area contributed by atoms with Crippen LogP contribution in [0.3, 0.4) is 0 Å². The molecule has 0 radical (unpaired) electrons. The number of benzene rings is 3. The van der Waals surface area contributed by atoms with Crippen LogP contribution in [-0.4, -0.2) is 10.2 Å². The molecule has 0 amide bonds. The second-order valence-electron chi connectivity index (χ2n) is 6.88. The fourth-order valence-electron chi connectivity index (χ4n) is 3.81. The van der Waals surface area contributed by atoms with E-state index in [0.29, 0.717) is 22.3 Å². The Hall–Kier alpha value is -3.20. The standard InChI is InChI=1S/C27H26O2/c1-3-14-22(15-4-2)26(28,23-16-8-5-9-17-23)27(29,24-18-10-6-11-19-24)25-20-12-7-13-21-25/h3-21,28-29H,1H2,2H3/b15-4-,22-14+. The highest BCUT2D eigenvalue weighted by atomic mass is 16.4. The van der Waals surface area contributed by atoms with Crippen molar-refractivity contribution in [3.05, 3.63) is 144 Å². The van der Waals surface area contributed by atoms with Crippen molar-refractivity contribution in [2.45, 2.75) is 18.1 Å². The van der Waals surface area contributed by atoms with Crippen molar-refractivity contribution in [2.24, 2.45) is 0 Å². The maximum atomic E-state index is 12.4. The second kappa shape index (κ2) is 8.87. The molecule has 3 aromatic carbocycles. The zero-order valence-corrected chi connectivity index (χ0v) is 16.6. The molecule has 29 heavy (non-hydrogen) atoms. The van der Waals surface area contributed by atoms with E-state index < -0.39 is 11.2 Å². The highest BCUT2D eigenvalue weighted by Crippen LogP contribution is 2.50. The van der Waals surface area contributed by atoms with Gasteiger partial charge in [-0.1, -0.05) is 122 Å². The minimum Gasteiger partial charge on any atom is -0.377 e. The normalized spacial score (nSPS) is 14.5. The third-order valence-electron chi connectivity index (χ3n) is 5.16. The van der Waals surface area contributed by atoms with Crippen LogP contribution in [0.1, 0.15) is 23.6 Å². The summed E-state index contributed by atoms with van der Waals surface area (Å²) in [4.78, 5) is 0. The topological polar surface area (TPSA) is 40.5 Å². The van der Waals surface area contributed by atoms with Gasteiger partial charge in [-0.25, -0.2) is 0 Å². The first-order chi connectivity index (χ1) is 14.1. The van der Waals surface area contributed by atoms with Crippen molar-refractivity contribution in [1.29, 1.82) is 0 Å². The van der Waals surface area contributed by atoms with Crippen LogP contribution >= 0.6 is 0 Å². The predicted octanol–water partition coefficient (Wildman–Crippen LogP) is 5.50. The molecule has 1 atom stereocenters. The first-order valence-electron chi connectivity index (χ1n) is 9.66. The summed E-state index contributed by atoms with van der Waals surface area (Å²) in [6, 6.07) is 27.8. The Bertz CT molecular complexity index is 949. The molecule has 0 saturated heterocycles. The van der Waals surface area contributed by atoms with E-state index in [1.54, 1.807) is 12.2 Å². The molecule has 0 aromatic heterocycles. The minimum atomic E-state index is -1.77. The molecule has 0 aliphatic heterocycles. The lowest BCUT2D eigenvalue weighted by Gasteiger charge is -2.45. The zero-order valence-electron chi connectivity index (χ0n) is 16.6. The van der Waals surface area contributed by atoms with Gasteiger partial charge < -0.3 is 10.2 Å². The third kappa shape index (κ3) is 3.61. The Morgan fingerprint density at radius 1 is 0.724 bits per heavy atom. The van der Waals surface area contributed by atoms with Gasteiger partial charge in [0.05, 0.1) is 0 Å². The van der Waals surface area contributed by atoms with Crippen LogP contribution in [0.25, 0.3) is 0 Å². The van der Waals surface area contributed by atoms with E-state index in [2.05, 4.69) is 6.58 Å². The smallest absolute Gasteiger partial charge is 0.152 e. The van der Waals surface area contributed by atoms with E-state index >= 15 is 0 Å². The van der Waals surface area contributed by atoms with Crippen LogP contribution in [0.5, 0.6) is 0 Å². The van der Waals surface area contributed by atoms with Gasteiger partial charge >= 0.3 is 0 Å². The van der Waals surface area contributed by atoms with Crippen LogP contribution in [0.4, 0.5) is 0 Å². The van der Waals surface area contributed by atoms with E-state index in [-0.39, 0.29) is 0 Å². The second-order valence-corrected chi connectivity index (χ2v) is 6.88. The molecule has 2 N–H and O–H groups in total. The van der Waals surface area contributed by atoms with Crippen molar-refractivity contribution < 1.29 is 10.2 Å². The summed E-state index contributed by atoms with van der Waals surface area (Å²) < 4.78 is 0. The molecule has 3 aromatic rings. The van der Waals surface area contributed by atoms with Gasteiger partial charge in [0.15, 0.2) is 11.2 Å². The number of hydrogen-bond acceptors (Lipinski definition) is 2. The molecule has 146 valence electrons. The predicted molar refractivity (Wildman–Crippen MR) is 119 cm³/mol. The van der Waals surface area contributed by atoms with Crippen LogP contribution < -0.4 is 0 Å². The van der Waals surface area contributed by atoms with E-state index in [9.17, 15) is 10.2 Å². The Balaban J connectivity index is 2.45. The van der Waals surface area contributed by atoms with Crippen molar-refractivity contribution >= 4 is 0 Å². The lowest BCUT2D eigenvalue weighted by atomic mass is 9.66. The summed E-state index contributed by atoms with van der Waals surface area (Å²) >= 11 is 0. The summed E-state index contributed by atoms with van der Waals surface area (Å²) in [5.41, 5.74) is -1.20. The molecule has 0 saturated carbocycles. The fourth-order valence-corrected chi connectivity index (χ4v) is 3.81. The van der Waals surface area contributed by atoms with Gasteiger partial charge in [-0.2, -0.15) is 0 Å². The SMILES string of the molecule is C=C/C=C(\C=C/C)C(O)(c1ccccc1)C(O)(c1ccccc1)c1ccccc1. The molecule has 2 heteroatoms. The van der Waals surface area contributed by atoms with Gasteiger partial charge in [0.25, 0.3) is 0 Å². The summed E-state index contributed by atoms with van der Waals surface area (Å²) in [5.74, 6) is 0. The molecule has 0 spiro atoms. The van der Waals surface area contributed by atoms with E-state index in [1.807, 2.05) is 110 Å². The molecular formula is C27H26O2. The van der Waals surface area contributed by atoms with Crippen LogP contribution in [0.2, 0.25) is 0 Å². The molecule has 2 nitrogen and oxygen atoms in total. The van der Waals surface area contributed by atoms with Crippen LogP contribution in [-0.2, 0) is 11.2 Å². The number of rotatable bonds is 7. The first-order valence-corrected chi connectivity index (χ1v) is 9.66. The van der Waals surface area contributed by atoms with Crippen LogP contribution in [0.15, 0.2) is 127 Å². The molecule has 0 fully saturated rings. The summed E-state index contributed by atoms with van der Waals surface area (Å²) in [7, 11) is 0. The van der Waals surface area contributed by atoms with E-state index in [0.717, 1.165) is 0 Å². The summed E-state index contributed by atoms with van der Waals surface area (Å²) in [5, 5.41) is 24.8. The quantitative estimate of drug-likeness (QED) is 0.530. The Morgan fingerprint density at radius 3 is 1.52 bits per heavy atom. The van der Waals surface area contributed by atoms with Crippen molar-refractivity contribution in [3.8, 4) is 0 Å². The highest BCUT2D eigenvalue weighted by Gasteiger charge is 2.54. The van der Waals surface area contributed by atoms with Gasteiger partial charge in [0.1, 0.15) is 0 Å². The molecule has 0 aliphatic rings. The molecule has 1 unspecified atom stereocenters. The van der Waals surface area contributed by atoms with Crippen LogP contribution in [0, 0.1) is 0 Å². The fraction of sp³-hybridized carbons (Fsp3) is 0.111. The Labute approximate surface area is 172 Å². The van der Waals surface area contributed by atoms with Gasteiger partial charge in [0.2, 0.25) is 0 Å². The summed E-state index contributed by atoms with van der Waals surface area (Å²) in [6.07, 6.45) is 7.02. The summed E-state index contributed by atoms with van der Waals surface area (Å²) in [6.45, 7) is 5.70. The van der Waals surface area contributed by atoms with Gasteiger partial charge in [-0.3, -0.25) is 0 Å². The minimum absolute atomic E-state index is 0.538. The largest absolute Gasteiger partial charge is 0.377 e. The van der Waals surface area contributed by atoms with Gasteiger partial charge in [-0.05, 0) is 29.2 Å². The van der Waals surface area contributed by atoms with E-state index in [1.165, 1.54) is 0 Å². The average Bonchev–Trinajstić information content (AvgIpc) is 2.79. The van der Waals surface area contributed by atoms with Crippen molar-refractivity contribution in [3.63, 3.8) is 0 Å². The van der Waals surface area contributed by atoms with Gasteiger partial charge in [-0.15, -0.1) is 0 Å². The third-order valence-corrected chi connectivity index (χ3v) is 5.16. The molecular weight excluding hydrogens is 356 g/mol. The molecule has 3 rings (SSSR count). The monoisotopic (exact) mass is 382 g/mol. The van der Waals surface area contributed by atoms with Crippen molar-refractivity contribution in [1.82, 2.24) is 0 Å². The molecule has 0 aliphatic carbocycles. The molecule has 0 bridgehead atoms. The number of allylic oxidation sites excluding steroid dienone is 3.